The Kier molecular flexibility index (Phi) is 2.59. The fourth-order valence-electron chi connectivity index (χ4n) is 2.76. The maximum absolute atomic E-state index is 9.61. The van der Waals surface area contributed by atoms with Crippen molar-refractivity contribution in [2.75, 3.05) is 0 Å². The molecule has 1 unspecified atom stereocenters. The van der Waals surface area contributed by atoms with Gasteiger partial charge in [-0.2, -0.15) is 0 Å². The smallest absolute Gasteiger partial charge is 0.115 e. The van der Waals surface area contributed by atoms with Crippen molar-refractivity contribution in [3.05, 3.63) is 47.5 Å². The van der Waals surface area contributed by atoms with E-state index < -0.39 is 0 Å². The Labute approximate surface area is 101 Å². The number of aromatic amines is 1. The van der Waals surface area contributed by atoms with E-state index in [1.165, 1.54) is 29.7 Å². The van der Waals surface area contributed by atoms with Crippen LogP contribution in [0.4, 0.5) is 0 Å². The molecule has 0 saturated heterocycles. The predicted molar refractivity (Wildman–Crippen MR) is 66.1 cm³/mol. The maximum atomic E-state index is 9.61. The summed E-state index contributed by atoms with van der Waals surface area (Å²) in [5.41, 5.74) is 3.87. The van der Waals surface area contributed by atoms with E-state index in [0.29, 0.717) is 11.7 Å². The largest absolute Gasteiger partial charge is 0.508 e. The Hall–Kier alpha value is -1.77. The second-order valence-electron chi connectivity index (χ2n) is 4.75. The third-order valence-corrected chi connectivity index (χ3v) is 3.59. The Morgan fingerprint density at radius 1 is 1.41 bits per heavy atom. The Balaban J connectivity index is 1.90. The van der Waals surface area contributed by atoms with Crippen LogP contribution < -0.4 is 0 Å². The molecule has 0 saturated carbocycles. The van der Waals surface area contributed by atoms with Crippen LogP contribution in [0.3, 0.4) is 0 Å². The van der Waals surface area contributed by atoms with E-state index in [1.54, 1.807) is 12.4 Å². The molecular weight excluding hydrogens is 212 g/mol. The Morgan fingerprint density at radius 3 is 3.18 bits per heavy atom. The van der Waals surface area contributed by atoms with Crippen molar-refractivity contribution in [2.24, 2.45) is 0 Å². The number of aryl methyl sites for hydroxylation is 1. The number of hydrogen-bond acceptors (Lipinski definition) is 2. The van der Waals surface area contributed by atoms with Crippen molar-refractivity contribution in [1.29, 1.82) is 0 Å². The fourth-order valence-corrected chi connectivity index (χ4v) is 2.76. The molecule has 1 aliphatic rings. The standard InChI is InChI=1S/C14H16N2O/c17-13-5-4-10-2-1-3-11(14(10)7-13)6-12-8-15-9-16-12/h4-5,7-9,11,17H,1-3,6H2,(H,15,16). The van der Waals surface area contributed by atoms with Crippen LogP contribution in [-0.4, -0.2) is 15.1 Å². The molecule has 2 aromatic rings. The summed E-state index contributed by atoms with van der Waals surface area (Å²) >= 11 is 0. The summed E-state index contributed by atoms with van der Waals surface area (Å²) < 4.78 is 0. The van der Waals surface area contributed by atoms with E-state index in [9.17, 15) is 5.11 Å². The van der Waals surface area contributed by atoms with Crippen molar-refractivity contribution in [3.8, 4) is 5.75 Å². The van der Waals surface area contributed by atoms with Crippen LogP contribution in [0.2, 0.25) is 0 Å². The number of nitrogens with zero attached hydrogens (tertiary/aromatic N) is 1. The van der Waals surface area contributed by atoms with Gasteiger partial charge in [-0.3, -0.25) is 0 Å². The van der Waals surface area contributed by atoms with E-state index in [4.69, 9.17) is 0 Å². The minimum atomic E-state index is 0.375. The zero-order valence-electron chi connectivity index (χ0n) is 9.69. The summed E-state index contributed by atoms with van der Waals surface area (Å²) in [5, 5.41) is 9.61. The first-order valence-electron chi connectivity index (χ1n) is 6.12. The SMILES string of the molecule is Oc1ccc2c(c1)C(Cc1cnc[nH]1)CCC2. The van der Waals surface area contributed by atoms with Crippen molar-refractivity contribution < 1.29 is 5.11 Å². The molecule has 3 rings (SSSR count). The first kappa shape index (κ1) is 10.4. The van der Waals surface area contributed by atoms with Gasteiger partial charge in [-0.1, -0.05) is 6.07 Å². The minimum absolute atomic E-state index is 0.375. The molecular formula is C14H16N2O. The molecule has 3 heteroatoms. The zero-order chi connectivity index (χ0) is 11.7. The highest BCUT2D eigenvalue weighted by Gasteiger charge is 2.21. The number of imidazole rings is 1. The van der Waals surface area contributed by atoms with Crippen LogP contribution in [0, 0.1) is 0 Å². The van der Waals surface area contributed by atoms with Crippen molar-refractivity contribution in [3.63, 3.8) is 0 Å². The molecule has 2 N–H and O–H groups in total. The lowest BCUT2D eigenvalue weighted by atomic mass is 9.80. The summed E-state index contributed by atoms with van der Waals surface area (Å²) in [4.78, 5) is 7.21. The van der Waals surface area contributed by atoms with Gasteiger partial charge in [0.2, 0.25) is 0 Å². The fraction of sp³-hybridized carbons (Fsp3) is 0.357. The molecule has 88 valence electrons. The zero-order valence-corrected chi connectivity index (χ0v) is 9.69. The van der Waals surface area contributed by atoms with Crippen LogP contribution in [0.25, 0.3) is 0 Å². The molecule has 0 spiro atoms. The van der Waals surface area contributed by atoms with Crippen LogP contribution in [0.5, 0.6) is 5.75 Å². The number of rotatable bonds is 2. The number of aromatic nitrogens is 2. The van der Waals surface area contributed by atoms with Gasteiger partial charge in [-0.15, -0.1) is 0 Å². The maximum Gasteiger partial charge on any atom is 0.115 e. The quantitative estimate of drug-likeness (QED) is 0.830. The lowest BCUT2D eigenvalue weighted by molar-refractivity contribution is 0.469. The van der Waals surface area contributed by atoms with Crippen molar-refractivity contribution in [1.82, 2.24) is 9.97 Å². The molecule has 0 fully saturated rings. The third-order valence-electron chi connectivity index (χ3n) is 3.59. The monoisotopic (exact) mass is 228 g/mol. The molecule has 17 heavy (non-hydrogen) atoms. The van der Waals surface area contributed by atoms with Crippen LogP contribution >= 0.6 is 0 Å². The third kappa shape index (κ3) is 2.05. The van der Waals surface area contributed by atoms with Gasteiger partial charge >= 0.3 is 0 Å². The summed E-state index contributed by atoms with van der Waals surface area (Å²) in [7, 11) is 0. The second kappa shape index (κ2) is 4.24. The van der Waals surface area contributed by atoms with Gasteiger partial charge in [0, 0.05) is 11.9 Å². The number of H-pyrrole nitrogens is 1. The summed E-state index contributed by atoms with van der Waals surface area (Å²) in [6.45, 7) is 0. The summed E-state index contributed by atoms with van der Waals surface area (Å²) in [6, 6.07) is 5.77. The van der Waals surface area contributed by atoms with E-state index in [-0.39, 0.29) is 0 Å². The molecule has 1 aromatic carbocycles. The molecule has 3 nitrogen and oxygen atoms in total. The van der Waals surface area contributed by atoms with Crippen LogP contribution in [0.15, 0.2) is 30.7 Å². The van der Waals surface area contributed by atoms with E-state index in [1.807, 2.05) is 12.3 Å². The van der Waals surface area contributed by atoms with Crippen molar-refractivity contribution in [2.45, 2.75) is 31.6 Å². The lowest BCUT2D eigenvalue weighted by Gasteiger charge is -2.25. The Morgan fingerprint density at radius 2 is 2.35 bits per heavy atom. The van der Waals surface area contributed by atoms with Crippen LogP contribution in [-0.2, 0) is 12.8 Å². The van der Waals surface area contributed by atoms with Gasteiger partial charge in [0.25, 0.3) is 0 Å². The average molecular weight is 228 g/mol. The highest BCUT2D eigenvalue weighted by Crippen LogP contribution is 2.35. The number of benzene rings is 1. The molecule has 0 radical (unpaired) electrons. The normalized spacial score (nSPS) is 18.9. The number of aromatic hydroxyl groups is 1. The Bertz CT molecular complexity index is 505. The van der Waals surface area contributed by atoms with Gasteiger partial charge in [-0.05, 0) is 54.9 Å². The lowest BCUT2D eigenvalue weighted by Crippen LogP contribution is -2.12. The van der Waals surface area contributed by atoms with Gasteiger partial charge in [0.1, 0.15) is 5.75 Å². The molecule has 0 amide bonds. The molecule has 1 aromatic heterocycles. The number of fused-ring (bicyclic) bond motifs is 1. The number of nitrogens with one attached hydrogen (secondary N) is 1. The summed E-state index contributed by atoms with van der Waals surface area (Å²) in [5.74, 6) is 0.881. The van der Waals surface area contributed by atoms with Crippen molar-refractivity contribution >= 4 is 0 Å². The van der Waals surface area contributed by atoms with Gasteiger partial charge < -0.3 is 10.1 Å². The minimum Gasteiger partial charge on any atom is -0.508 e. The first-order valence-corrected chi connectivity index (χ1v) is 6.12. The van der Waals surface area contributed by atoms with Crippen LogP contribution in [0.1, 0.15) is 35.6 Å². The number of phenolic OH excluding ortho intramolecular Hbond substituents is 1. The molecule has 0 aliphatic heterocycles. The molecule has 1 heterocycles. The highest BCUT2D eigenvalue weighted by molar-refractivity contribution is 5.39. The molecule has 1 aliphatic carbocycles. The highest BCUT2D eigenvalue weighted by atomic mass is 16.3. The number of phenols is 1. The van der Waals surface area contributed by atoms with Gasteiger partial charge in [0.15, 0.2) is 0 Å². The van der Waals surface area contributed by atoms with E-state index >= 15 is 0 Å². The van der Waals surface area contributed by atoms with E-state index in [2.05, 4.69) is 16.0 Å². The van der Waals surface area contributed by atoms with Gasteiger partial charge in [-0.25, -0.2) is 4.98 Å². The predicted octanol–water partition coefficient (Wildman–Crippen LogP) is 2.78. The van der Waals surface area contributed by atoms with E-state index in [0.717, 1.165) is 12.8 Å². The first-order chi connectivity index (χ1) is 8.33. The molecule has 0 bridgehead atoms. The average Bonchev–Trinajstić information content (AvgIpc) is 2.83. The van der Waals surface area contributed by atoms with Gasteiger partial charge in [0.05, 0.1) is 6.33 Å². The molecule has 1 atom stereocenters. The second-order valence-corrected chi connectivity index (χ2v) is 4.75. The topological polar surface area (TPSA) is 48.9 Å². The number of hydrogen-bond donors (Lipinski definition) is 2. The summed E-state index contributed by atoms with van der Waals surface area (Å²) in [6.07, 6.45) is 8.15.